The van der Waals surface area contributed by atoms with Crippen LogP contribution in [-0.2, 0) is 11.2 Å². The fraction of sp³-hybridized carbons (Fsp3) is 0.263. The van der Waals surface area contributed by atoms with Gasteiger partial charge in [-0.1, -0.05) is 47.5 Å². The Labute approximate surface area is 175 Å². The number of primary amides is 1. The van der Waals surface area contributed by atoms with Gasteiger partial charge in [0.1, 0.15) is 10.0 Å². The number of aromatic nitrogens is 1. The summed E-state index contributed by atoms with van der Waals surface area (Å²) in [5.74, 6) is -0.496. The van der Waals surface area contributed by atoms with E-state index in [1.807, 2.05) is 18.2 Å². The Morgan fingerprint density at radius 2 is 2.07 bits per heavy atom. The first kappa shape index (κ1) is 19.3. The van der Waals surface area contributed by atoms with Gasteiger partial charge in [0.25, 0.3) is 5.91 Å². The van der Waals surface area contributed by atoms with Crippen LogP contribution in [0.5, 0.6) is 0 Å². The number of hydrogen-bond acceptors (Lipinski definition) is 4. The van der Waals surface area contributed by atoms with Crippen molar-refractivity contribution in [2.24, 2.45) is 11.7 Å². The van der Waals surface area contributed by atoms with Gasteiger partial charge < -0.3 is 21.4 Å². The first-order valence-electron chi connectivity index (χ1n) is 8.78. The minimum absolute atomic E-state index is 0.0376. The van der Waals surface area contributed by atoms with E-state index in [4.69, 9.17) is 28.9 Å². The summed E-state index contributed by atoms with van der Waals surface area (Å²) in [5.41, 5.74) is 8.76. The Bertz CT molecular complexity index is 1060. The number of fused-ring (bicyclic) bond motifs is 2. The maximum Gasteiger partial charge on any atom is 0.267 e. The molecular weight excluding hydrogens is 419 g/mol. The van der Waals surface area contributed by atoms with Crippen molar-refractivity contribution >= 4 is 56.6 Å². The zero-order valence-electron chi connectivity index (χ0n) is 14.7. The third-order valence-corrected chi connectivity index (χ3v) is 6.91. The second-order valence-corrected chi connectivity index (χ2v) is 8.84. The highest BCUT2D eigenvalue weighted by Crippen LogP contribution is 2.39. The van der Waals surface area contributed by atoms with Crippen LogP contribution in [0.15, 0.2) is 30.3 Å². The van der Waals surface area contributed by atoms with Crippen molar-refractivity contribution in [1.82, 2.24) is 15.6 Å². The third kappa shape index (κ3) is 3.63. The van der Waals surface area contributed by atoms with Crippen molar-refractivity contribution in [3.05, 3.63) is 56.5 Å². The highest BCUT2D eigenvalue weighted by atomic mass is 35.5. The van der Waals surface area contributed by atoms with Crippen LogP contribution in [-0.4, -0.2) is 29.9 Å². The fourth-order valence-electron chi connectivity index (χ4n) is 3.72. The van der Waals surface area contributed by atoms with Gasteiger partial charge in [0.15, 0.2) is 0 Å². The Balaban J connectivity index is 1.46. The first-order chi connectivity index (χ1) is 13.4. The molecule has 0 aliphatic heterocycles. The molecule has 0 spiro atoms. The van der Waals surface area contributed by atoms with Crippen molar-refractivity contribution in [3.8, 4) is 0 Å². The molecule has 5 N–H and O–H groups in total. The number of aromatic amines is 1. The summed E-state index contributed by atoms with van der Waals surface area (Å²) >= 11 is 13.5. The molecule has 0 bridgehead atoms. The number of H-pyrrole nitrogens is 1. The van der Waals surface area contributed by atoms with E-state index in [0.29, 0.717) is 27.1 Å². The van der Waals surface area contributed by atoms with Gasteiger partial charge in [0, 0.05) is 12.6 Å². The van der Waals surface area contributed by atoms with Gasteiger partial charge >= 0.3 is 0 Å². The van der Waals surface area contributed by atoms with Crippen LogP contribution in [0.1, 0.15) is 27.7 Å². The fourth-order valence-corrected chi connectivity index (χ4v) is 5.20. The molecule has 1 aliphatic rings. The standard InChI is InChI=1S/C19H18Cl2N4O2S/c20-15-17-13(28-18(15)21)6-12(25-17)19(27)24-7-10-5-9-3-1-2-4-11(9)16(10)23-8-14(22)26/h1-4,6,10,16,23,25H,5,7-8H2,(H2,22,26)(H,24,27)/t10?,16-/m0/s1. The summed E-state index contributed by atoms with van der Waals surface area (Å²) in [5, 5.41) is 6.63. The molecule has 3 aromatic rings. The van der Waals surface area contributed by atoms with Gasteiger partial charge in [0.2, 0.25) is 5.91 Å². The van der Waals surface area contributed by atoms with E-state index in [0.717, 1.165) is 16.7 Å². The molecule has 6 nitrogen and oxygen atoms in total. The molecule has 28 heavy (non-hydrogen) atoms. The van der Waals surface area contributed by atoms with Crippen molar-refractivity contribution in [3.63, 3.8) is 0 Å². The lowest BCUT2D eigenvalue weighted by molar-refractivity contribution is -0.117. The van der Waals surface area contributed by atoms with Crippen LogP contribution in [0, 0.1) is 5.92 Å². The first-order valence-corrected chi connectivity index (χ1v) is 10.4. The normalized spacial score (nSPS) is 18.4. The molecule has 146 valence electrons. The molecule has 0 saturated carbocycles. The molecule has 2 atom stereocenters. The molecule has 4 rings (SSSR count). The van der Waals surface area contributed by atoms with E-state index in [9.17, 15) is 9.59 Å². The van der Waals surface area contributed by atoms with Gasteiger partial charge in [-0.05, 0) is 29.5 Å². The minimum atomic E-state index is -0.408. The van der Waals surface area contributed by atoms with Crippen LogP contribution in [0.4, 0.5) is 0 Å². The molecule has 2 aromatic heterocycles. The molecule has 2 heterocycles. The number of carbonyl (C=O) groups excluding carboxylic acids is 2. The SMILES string of the molecule is NC(=O)CN[C@@H]1c2ccccc2CC1CNC(=O)c1cc2sc(Cl)c(Cl)c2[nH]1. The van der Waals surface area contributed by atoms with Crippen LogP contribution in [0.2, 0.25) is 9.36 Å². The van der Waals surface area contributed by atoms with Crippen molar-refractivity contribution in [1.29, 1.82) is 0 Å². The molecule has 1 unspecified atom stereocenters. The van der Waals surface area contributed by atoms with Gasteiger partial charge in [-0.2, -0.15) is 0 Å². The molecular formula is C19H18Cl2N4O2S. The predicted molar refractivity (Wildman–Crippen MR) is 112 cm³/mol. The number of rotatable bonds is 6. The zero-order valence-corrected chi connectivity index (χ0v) is 17.0. The number of nitrogens with one attached hydrogen (secondary N) is 3. The van der Waals surface area contributed by atoms with E-state index in [1.54, 1.807) is 6.07 Å². The summed E-state index contributed by atoms with van der Waals surface area (Å²) < 4.78 is 1.34. The number of nitrogens with two attached hydrogens (primary N) is 1. The topological polar surface area (TPSA) is 100 Å². The molecule has 0 saturated heterocycles. The quantitative estimate of drug-likeness (QED) is 0.476. The van der Waals surface area contributed by atoms with Crippen LogP contribution >= 0.6 is 34.5 Å². The second kappa shape index (κ2) is 7.75. The average Bonchev–Trinajstić information content (AvgIpc) is 3.31. The van der Waals surface area contributed by atoms with Gasteiger partial charge in [-0.3, -0.25) is 9.59 Å². The monoisotopic (exact) mass is 436 g/mol. The van der Waals surface area contributed by atoms with E-state index >= 15 is 0 Å². The number of thiophene rings is 1. The lowest BCUT2D eigenvalue weighted by Crippen LogP contribution is -2.38. The largest absolute Gasteiger partial charge is 0.369 e. The third-order valence-electron chi connectivity index (χ3n) is 4.98. The van der Waals surface area contributed by atoms with Crippen molar-refractivity contribution in [2.75, 3.05) is 13.1 Å². The molecule has 0 radical (unpaired) electrons. The van der Waals surface area contributed by atoms with E-state index in [2.05, 4.69) is 21.7 Å². The number of hydrogen-bond donors (Lipinski definition) is 4. The molecule has 0 fully saturated rings. The minimum Gasteiger partial charge on any atom is -0.369 e. The number of benzene rings is 1. The molecule has 2 amide bonds. The Hall–Kier alpha value is -2.06. The van der Waals surface area contributed by atoms with Crippen LogP contribution < -0.4 is 16.4 Å². The summed E-state index contributed by atoms with van der Waals surface area (Å²) in [6, 6.07) is 9.79. The van der Waals surface area contributed by atoms with Gasteiger partial charge in [-0.25, -0.2) is 0 Å². The lowest BCUT2D eigenvalue weighted by atomic mass is 10.0. The summed E-state index contributed by atoms with van der Waals surface area (Å²) in [6.45, 7) is 0.556. The molecule has 1 aromatic carbocycles. The Morgan fingerprint density at radius 3 is 2.82 bits per heavy atom. The van der Waals surface area contributed by atoms with Gasteiger partial charge in [0.05, 0.1) is 21.8 Å². The van der Waals surface area contributed by atoms with E-state index < -0.39 is 5.91 Å². The van der Waals surface area contributed by atoms with Crippen LogP contribution in [0.25, 0.3) is 10.2 Å². The van der Waals surface area contributed by atoms with Crippen LogP contribution in [0.3, 0.4) is 0 Å². The van der Waals surface area contributed by atoms with Crippen molar-refractivity contribution < 1.29 is 9.59 Å². The predicted octanol–water partition coefficient (Wildman–Crippen LogP) is 3.25. The Kier molecular flexibility index (Phi) is 5.33. The van der Waals surface area contributed by atoms with E-state index in [1.165, 1.54) is 16.9 Å². The number of carbonyl (C=O) groups is 2. The summed E-state index contributed by atoms with van der Waals surface area (Å²) in [6.07, 6.45) is 0.814. The maximum absolute atomic E-state index is 12.6. The maximum atomic E-state index is 12.6. The lowest BCUT2D eigenvalue weighted by Gasteiger charge is -2.21. The Morgan fingerprint density at radius 1 is 1.29 bits per heavy atom. The molecule has 9 heteroatoms. The zero-order chi connectivity index (χ0) is 19.8. The molecule has 1 aliphatic carbocycles. The number of amides is 2. The van der Waals surface area contributed by atoms with Crippen molar-refractivity contribution in [2.45, 2.75) is 12.5 Å². The summed E-state index contributed by atoms with van der Waals surface area (Å²) in [4.78, 5) is 26.8. The number of halogens is 2. The average molecular weight is 437 g/mol. The highest BCUT2D eigenvalue weighted by Gasteiger charge is 2.32. The summed E-state index contributed by atoms with van der Waals surface area (Å²) in [7, 11) is 0. The highest BCUT2D eigenvalue weighted by molar-refractivity contribution is 7.23. The van der Waals surface area contributed by atoms with E-state index in [-0.39, 0.29) is 24.4 Å². The second-order valence-electron chi connectivity index (χ2n) is 6.81. The smallest absolute Gasteiger partial charge is 0.267 e. The van der Waals surface area contributed by atoms with Gasteiger partial charge in [-0.15, -0.1) is 11.3 Å².